The van der Waals surface area contributed by atoms with Crippen LogP contribution in [0.4, 0.5) is 0 Å². The van der Waals surface area contributed by atoms with Crippen molar-refractivity contribution in [1.82, 2.24) is 10.3 Å². The number of aliphatic hydroxyl groups is 1. The van der Waals surface area contributed by atoms with Crippen molar-refractivity contribution in [2.45, 2.75) is 32.4 Å². The lowest BCUT2D eigenvalue weighted by Crippen LogP contribution is -2.46. The molecule has 0 saturated carbocycles. The molecule has 1 amide bonds. The van der Waals surface area contributed by atoms with Gasteiger partial charge in [0, 0.05) is 6.20 Å². The van der Waals surface area contributed by atoms with Crippen molar-refractivity contribution >= 4 is 5.91 Å². The SMILES string of the molecule is CC(C)(CO)NC(=O)Cc1ccc(OCc2ccccn2)cc1. The van der Waals surface area contributed by atoms with Crippen LogP contribution in [0.3, 0.4) is 0 Å². The van der Waals surface area contributed by atoms with Crippen LogP contribution >= 0.6 is 0 Å². The summed E-state index contributed by atoms with van der Waals surface area (Å²) < 4.78 is 5.65. The molecule has 0 unspecified atom stereocenters. The molecule has 0 fully saturated rings. The monoisotopic (exact) mass is 314 g/mol. The van der Waals surface area contributed by atoms with Crippen LogP contribution in [-0.2, 0) is 17.8 Å². The first-order valence-corrected chi connectivity index (χ1v) is 7.52. The average molecular weight is 314 g/mol. The normalized spacial score (nSPS) is 11.1. The number of hydrogen-bond acceptors (Lipinski definition) is 4. The van der Waals surface area contributed by atoms with E-state index >= 15 is 0 Å². The molecule has 0 atom stereocenters. The fourth-order valence-electron chi connectivity index (χ4n) is 1.99. The quantitative estimate of drug-likeness (QED) is 0.821. The summed E-state index contributed by atoms with van der Waals surface area (Å²) in [5.74, 6) is 0.613. The van der Waals surface area contributed by atoms with Gasteiger partial charge in [0.15, 0.2) is 0 Å². The lowest BCUT2D eigenvalue weighted by Gasteiger charge is -2.23. The molecule has 0 bridgehead atoms. The van der Waals surface area contributed by atoms with Gasteiger partial charge in [-0.3, -0.25) is 9.78 Å². The maximum absolute atomic E-state index is 11.9. The zero-order valence-electron chi connectivity index (χ0n) is 13.5. The van der Waals surface area contributed by atoms with Gasteiger partial charge in [-0.15, -0.1) is 0 Å². The maximum Gasteiger partial charge on any atom is 0.224 e. The van der Waals surface area contributed by atoms with E-state index in [1.807, 2.05) is 42.5 Å². The number of rotatable bonds is 7. The Hall–Kier alpha value is -2.40. The fraction of sp³-hybridized carbons (Fsp3) is 0.333. The number of benzene rings is 1. The number of aliphatic hydroxyl groups excluding tert-OH is 1. The van der Waals surface area contributed by atoms with E-state index in [1.54, 1.807) is 20.0 Å². The maximum atomic E-state index is 11.9. The van der Waals surface area contributed by atoms with Crippen molar-refractivity contribution in [3.63, 3.8) is 0 Å². The number of carbonyl (C=O) groups excluding carboxylic acids is 1. The molecule has 1 heterocycles. The molecule has 5 nitrogen and oxygen atoms in total. The Kier molecular flexibility index (Phi) is 5.71. The smallest absolute Gasteiger partial charge is 0.224 e. The summed E-state index contributed by atoms with van der Waals surface area (Å²) in [6.45, 7) is 3.86. The van der Waals surface area contributed by atoms with Crippen molar-refractivity contribution in [1.29, 1.82) is 0 Å². The summed E-state index contributed by atoms with van der Waals surface area (Å²) in [5, 5.41) is 11.9. The first-order chi connectivity index (χ1) is 11.0. The summed E-state index contributed by atoms with van der Waals surface area (Å²) in [6, 6.07) is 13.1. The molecule has 5 heteroatoms. The minimum atomic E-state index is -0.608. The molecule has 1 aromatic heterocycles. The second kappa shape index (κ2) is 7.74. The summed E-state index contributed by atoms with van der Waals surface area (Å²) in [5.41, 5.74) is 1.15. The lowest BCUT2D eigenvalue weighted by atomic mass is 10.1. The third-order valence-electron chi connectivity index (χ3n) is 3.27. The van der Waals surface area contributed by atoms with Crippen molar-refractivity contribution < 1.29 is 14.6 Å². The van der Waals surface area contributed by atoms with Gasteiger partial charge in [-0.25, -0.2) is 0 Å². The lowest BCUT2D eigenvalue weighted by molar-refractivity contribution is -0.122. The van der Waals surface area contributed by atoms with E-state index in [0.29, 0.717) is 6.61 Å². The third kappa shape index (κ3) is 5.71. The first kappa shape index (κ1) is 17.0. The zero-order chi connectivity index (χ0) is 16.7. The number of ether oxygens (including phenoxy) is 1. The molecule has 2 N–H and O–H groups in total. The summed E-state index contributed by atoms with van der Waals surface area (Å²) in [6.07, 6.45) is 2.00. The predicted octanol–water partition coefficient (Wildman–Crippen LogP) is 2.09. The predicted molar refractivity (Wildman–Crippen MR) is 88.0 cm³/mol. The Morgan fingerprint density at radius 1 is 1.22 bits per heavy atom. The van der Waals surface area contributed by atoms with Crippen LogP contribution in [-0.4, -0.2) is 28.1 Å². The molecule has 0 spiro atoms. The Labute approximate surface area is 136 Å². The molecule has 0 aliphatic rings. The van der Waals surface area contributed by atoms with Gasteiger partial charge in [-0.2, -0.15) is 0 Å². The van der Waals surface area contributed by atoms with Crippen molar-refractivity contribution in [2.75, 3.05) is 6.61 Å². The van der Waals surface area contributed by atoms with E-state index < -0.39 is 5.54 Å². The Morgan fingerprint density at radius 2 is 1.96 bits per heavy atom. The van der Waals surface area contributed by atoms with Gasteiger partial charge in [0.1, 0.15) is 12.4 Å². The highest BCUT2D eigenvalue weighted by molar-refractivity contribution is 5.79. The van der Waals surface area contributed by atoms with E-state index in [2.05, 4.69) is 10.3 Å². The largest absolute Gasteiger partial charge is 0.487 e. The number of amides is 1. The van der Waals surface area contributed by atoms with Crippen LogP contribution in [0.2, 0.25) is 0 Å². The number of carbonyl (C=O) groups is 1. The number of nitrogens with one attached hydrogen (secondary N) is 1. The van der Waals surface area contributed by atoms with Crippen molar-refractivity contribution in [2.24, 2.45) is 0 Å². The van der Waals surface area contributed by atoms with Crippen LogP contribution in [0, 0.1) is 0 Å². The highest BCUT2D eigenvalue weighted by atomic mass is 16.5. The van der Waals surface area contributed by atoms with Crippen molar-refractivity contribution in [3.05, 3.63) is 59.9 Å². The summed E-state index contributed by atoms with van der Waals surface area (Å²) in [7, 11) is 0. The van der Waals surface area contributed by atoms with E-state index in [9.17, 15) is 4.79 Å². The number of aromatic nitrogens is 1. The van der Waals surface area contributed by atoms with Crippen molar-refractivity contribution in [3.8, 4) is 5.75 Å². The van der Waals surface area contributed by atoms with Gasteiger partial charge in [0.2, 0.25) is 5.91 Å². The van der Waals surface area contributed by atoms with E-state index in [-0.39, 0.29) is 18.9 Å². The van der Waals surface area contributed by atoms with Gasteiger partial charge in [0.05, 0.1) is 24.3 Å². The van der Waals surface area contributed by atoms with Crippen LogP contribution < -0.4 is 10.1 Å². The molecule has 23 heavy (non-hydrogen) atoms. The molecular weight excluding hydrogens is 292 g/mol. The molecular formula is C18H22N2O3. The standard InChI is InChI=1S/C18H22N2O3/c1-18(2,13-21)20-17(22)11-14-6-8-16(9-7-14)23-12-15-5-3-4-10-19-15/h3-10,21H,11-13H2,1-2H3,(H,20,22). The highest BCUT2D eigenvalue weighted by Crippen LogP contribution is 2.14. The van der Waals surface area contributed by atoms with E-state index in [4.69, 9.17) is 9.84 Å². The Balaban J connectivity index is 1.86. The molecule has 0 aliphatic heterocycles. The topological polar surface area (TPSA) is 71.5 Å². The molecule has 2 rings (SSSR count). The Bertz CT molecular complexity index is 624. The van der Waals surface area contributed by atoms with E-state index in [0.717, 1.165) is 17.0 Å². The fourth-order valence-corrected chi connectivity index (χ4v) is 1.99. The number of hydrogen-bond donors (Lipinski definition) is 2. The van der Waals surface area contributed by atoms with Gasteiger partial charge in [-0.05, 0) is 43.7 Å². The molecule has 0 saturated heterocycles. The van der Waals surface area contributed by atoms with E-state index in [1.165, 1.54) is 0 Å². The van der Waals surface area contributed by atoms with Crippen LogP contribution in [0.15, 0.2) is 48.7 Å². The molecule has 2 aromatic rings. The minimum Gasteiger partial charge on any atom is -0.487 e. The second-order valence-corrected chi connectivity index (χ2v) is 6.02. The molecule has 0 aliphatic carbocycles. The van der Waals surface area contributed by atoms with Gasteiger partial charge < -0.3 is 15.2 Å². The summed E-state index contributed by atoms with van der Waals surface area (Å²) >= 11 is 0. The number of nitrogens with zero attached hydrogens (tertiary/aromatic N) is 1. The highest BCUT2D eigenvalue weighted by Gasteiger charge is 2.18. The Morgan fingerprint density at radius 3 is 2.57 bits per heavy atom. The zero-order valence-corrected chi connectivity index (χ0v) is 13.5. The first-order valence-electron chi connectivity index (χ1n) is 7.52. The third-order valence-corrected chi connectivity index (χ3v) is 3.27. The van der Waals surface area contributed by atoms with Crippen LogP contribution in [0.1, 0.15) is 25.1 Å². The average Bonchev–Trinajstić information content (AvgIpc) is 2.54. The molecule has 122 valence electrons. The summed E-state index contributed by atoms with van der Waals surface area (Å²) in [4.78, 5) is 16.1. The molecule has 1 aromatic carbocycles. The van der Waals surface area contributed by atoms with Gasteiger partial charge >= 0.3 is 0 Å². The van der Waals surface area contributed by atoms with Gasteiger partial charge in [-0.1, -0.05) is 18.2 Å². The van der Waals surface area contributed by atoms with Crippen LogP contribution in [0.25, 0.3) is 0 Å². The second-order valence-electron chi connectivity index (χ2n) is 6.02. The van der Waals surface area contributed by atoms with Gasteiger partial charge in [0.25, 0.3) is 0 Å². The van der Waals surface area contributed by atoms with Crippen LogP contribution in [0.5, 0.6) is 5.75 Å². The molecule has 0 radical (unpaired) electrons. The number of pyridine rings is 1. The minimum absolute atomic E-state index is 0.0982.